The fraction of sp³-hybridized carbons (Fsp3) is 0.385. The minimum absolute atomic E-state index is 0.238. The van der Waals surface area contributed by atoms with Crippen molar-refractivity contribution in [2.24, 2.45) is 7.05 Å². The molecule has 0 aliphatic carbocycles. The lowest BCUT2D eigenvalue weighted by Gasteiger charge is -2.14. The van der Waals surface area contributed by atoms with E-state index in [2.05, 4.69) is 28.6 Å². The molecule has 1 atom stereocenters. The van der Waals surface area contributed by atoms with Crippen LogP contribution in [-0.2, 0) is 13.6 Å². The Labute approximate surface area is 107 Å². The zero-order chi connectivity index (χ0) is 13.0. The van der Waals surface area contributed by atoms with E-state index in [0.717, 1.165) is 11.4 Å². The highest BCUT2D eigenvalue weighted by Crippen LogP contribution is 2.18. The third-order valence-electron chi connectivity index (χ3n) is 2.83. The fourth-order valence-electron chi connectivity index (χ4n) is 1.76. The van der Waals surface area contributed by atoms with Gasteiger partial charge >= 0.3 is 0 Å². The molecular weight excluding hydrogens is 228 g/mol. The molecule has 1 aromatic heterocycles. The summed E-state index contributed by atoms with van der Waals surface area (Å²) in [5.41, 5.74) is 2.13. The normalized spacial score (nSPS) is 12.4. The van der Waals surface area contributed by atoms with Crippen LogP contribution in [-0.4, -0.2) is 22.1 Å². The first-order chi connectivity index (χ1) is 8.69. The molecule has 0 aliphatic rings. The lowest BCUT2D eigenvalue weighted by molar-refractivity contribution is 0.413. The summed E-state index contributed by atoms with van der Waals surface area (Å²) < 4.78 is 6.92. The van der Waals surface area contributed by atoms with Gasteiger partial charge in [-0.3, -0.25) is 4.68 Å². The Balaban J connectivity index is 1.96. The first-order valence-electron chi connectivity index (χ1n) is 5.91. The van der Waals surface area contributed by atoms with Gasteiger partial charge in [-0.2, -0.15) is 0 Å². The predicted molar refractivity (Wildman–Crippen MR) is 69.3 cm³/mol. The van der Waals surface area contributed by atoms with Crippen molar-refractivity contribution in [1.82, 2.24) is 20.3 Å². The van der Waals surface area contributed by atoms with Crippen LogP contribution in [0.5, 0.6) is 5.75 Å². The number of aromatic nitrogens is 3. The van der Waals surface area contributed by atoms with Crippen LogP contribution in [0, 0.1) is 0 Å². The van der Waals surface area contributed by atoms with Crippen LogP contribution in [0.25, 0.3) is 0 Å². The third-order valence-corrected chi connectivity index (χ3v) is 2.83. The van der Waals surface area contributed by atoms with Gasteiger partial charge in [-0.25, -0.2) is 0 Å². The topological polar surface area (TPSA) is 52.0 Å². The lowest BCUT2D eigenvalue weighted by atomic mass is 10.1. The fourth-order valence-corrected chi connectivity index (χ4v) is 1.76. The molecule has 1 aromatic carbocycles. The summed E-state index contributed by atoms with van der Waals surface area (Å²) in [4.78, 5) is 0. The van der Waals surface area contributed by atoms with Gasteiger partial charge in [0.25, 0.3) is 0 Å². The minimum Gasteiger partial charge on any atom is -0.497 e. The van der Waals surface area contributed by atoms with E-state index in [0.29, 0.717) is 6.54 Å². The van der Waals surface area contributed by atoms with Crippen molar-refractivity contribution in [3.63, 3.8) is 0 Å². The summed E-state index contributed by atoms with van der Waals surface area (Å²) in [6.07, 6.45) is 1.91. The molecule has 96 valence electrons. The highest BCUT2D eigenvalue weighted by atomic mass is 16.5. The van der Waals surface area contributed by atoms with Gasteiger partial charge in [0.2, 0.25) is 0 Å². The van der Waals surface area contributed by atoms with Crippen molar-refractivity contribution in [2.75, 3.05) is 7.11 Å². The molecule has 1 N–H and O–H groups in total. The number of hydrogen-bond acceptors (Lipinski definition) is 4. The molecular formula is C13H18N4O. The zero-order valence-electron chi connectivity index (χ0n) is 10.9. The SMILES string of the molecule is COc1cccc([C@H](C)NCc2cn(C)nn2)c1. The smallest absolute Gasteiger partial charge is 0.119 e. The second-order valence-electron chi connectivity index (χ2n) is 4.26. The molecule has 1 heterocycles. The Bertz CT molecular complexity index is 509. The van der Waals surface area contributed by atoms with Crippen LogP contribution in [0.2, 0.25) is 0 Å². The van der Waals surface area contributed by atoms with Crippen LogP contribution >= 0.6 is 0 Å². The molecule has 0 amide bonds. The number of hydrogen-bond donors (Lipinski definition) is 1. The summed E-state index contributed by atoms with van der Waals surface area (Å²) in [7, 11) is 3.54. The molecule has 18 heavy (non-hydrogen) atoms. The van der Waals surface area contributed by atoms with E-state index in [9.17, 15) is 0 Å². The molecule has 2 aromatic rings. The summed E-state index contributed by atoms with van der Waals surface area (Å²) in [6, 6.07) is 8.29. The Morgan fingerprint density at radius 1 is 1.44 bits per heavy atom. The Morgan fingerprint density at radius 2 is 2.28 bits per heavy atom. The minimum atomic E-state index is 0.238. The first kappa shape index (κ1) is 12.6. The van der Waals surface area contributed by atoms with Gasteiger partial charge in [0, 0.05) is 25.8 Å². The number of methoxy groups -OCH3 is 1. The van der Waals surface area contributed by atoms with Gasteiger partial charge in [0.15, 0.2) is 0 Å². The number of benzene rings is 1. The second kappa shape index (κ2) is 5.64. The predicted octanol–water partition coefficient (Wildman–Crippen LogP) is 1.67. The second-order valence-corrected chi connectivity index (χ2v) is 4.26. The van der Waals surface area contributed by atoms with Crippen LogP contribution in [0.4, 0.5) is 0 Å². The largest absolute Gasteiger partial charge is 0.497 e. The summed E-state index contributed by atoms with van der Waals surface area (Å²) in [6.45, 7) is 2.82. The quantitative estimate of drug-likeness (QED) is 0.872. The molecule has 0 saturated carbocycles. The number of aryl methyl sites for hydroxylation is 1. The zero-order valence-corrected chi connectivity index (χ0v) is 10.9. The van der Waals surface area contributed by atoms with Gasteiger partial charge in [0.1, 0.15) is 5.75 Å². The average molecular weight is 246 g/mol. The Hall–Kier alpha value is -1.88. The van der Waals surface area contributed by atoms with Gasteiger partial charge in [0.05, 0.1) is 12.8 Å². The number of nitrogens with zero attached hydrogens (tertiary/aromatic N) is 3. The summed E-state index contributed by atoms with van der Waals surface area (Å²) >= 11 is 0. The van der Waals surface area contributed by atoms with Crippen molar-refractivity contribution >= 4 is 0 Å². The Kier molecular flexibility index (Phi) is 3.94. The molecule has 0 spiro atoms. The van der Waals surface area contributed by atoms with Crippen molar-refractivity contribution in [1.29, 1.82) is 0 Å². The van der Waals surface area contributed by atoms with E-state index >= 15 is 0 Å². The maximum atomic E-state index is 5.22. The highest BCUT2D eigenvalue weighted by molar-refractivity contribution is 5.30. The van der Waals surface area contributed by atoms with E-state index in [1.807, 2.05) is 31.4 Å². The van der Waals surface area contributed by atoms with Crippen LogP contribution in [0.15, 0.2) is 30.5 Å². The van der Waals surface area contributed by atoms with Gasteiger partial charge in [-0.1, -0.05) is 17.3 Å². The molecule has 2 rings (SSSR count). The number of nitrogens with one attached hydrogen (secondary N) is 1. The van der Waals surface area contributed by atoms with E-state index in [1.165, 1.54) is 5.56 Å². The Morgan fingerprint density at radius 3 is 2.94 bits per heavy atom. The molecule has 5 nitrogen and oxygen atoms in total. The van der Waals surface area contributed by atoms with Gasteiger partial charge < -0.3 is 10.1 Å². The monoisotopic (exact) mass is 246 g/mol. The van der Waals surface area contributed by atoms with E-state index < -0.39 is 0 Å². The van der Waals surface area contributed by atoms with Crippen molar-refractivity contribution in [3.05, 3.63) is 41.7 Å². The van der Waals surface area contributed by atoms with Crippen LogP contribution < -0.4 is 10.1 Å². The maximum Gasteiger partial charge on any atom is 0.119 e. The summed E-state index contributed by atoms with van der Waals surface area (Å²) in [5.74, 6) is 0.876. The number of ether oxygens (including phenoxy) is 1. The average Bonchev–Trinajstić information content (AvgIpc) is 2.82. The third kappa shape index (κ3) is 3.07. The van der Waals surface area contributed by atoms with Gasteiger partial charge in [-0.05, 0) is 24.6 Å². The molecule has 0 saturated heterocycles. The van der Waals surface area contributed by atoms with E-state index in [1.54, 1.807) is 11.8 Å². The van der Waals surface area contributed by atoms with Crippen molar-refractivity contribution in [2.45, 2.75) is 19.5 Å². The molecule has 0 bridgehead atoms. The highest BCUT2D eigenvalue weighted by Gasteiger charge is 2.07. The van der Waals surface area contributed by atoms with Crippen molar-refractivity contribution < 1.29 is 4.74 Å². The maximum absolute atomic E-state index is 5.22. The molecule has 0 radical (unpaired) electrons. The molecule has 5 heteroatoms. The summed E-state index contributed by atoms with van der Waals surface area (Å²) in [5, 5.41) is 11.4. The van der Waals surface area contributed by atoms with Crippen LogP contribution in [0.1, 0.15) is 24.2 Å². The molecule has 0 fully saturated rings. The number of rotatable bonds is 5. The van der Waals surface area contributed by atoms with E-state index in [4.69, 9.17) is 4.74 Å². The van der Waals surface area contributed by atoms with E-state index in [-0.39, 0.29) is 6.04 Å². The van der Waals surface area contributed by atoms with Crippen LogP contribution in [0.3, 0.4) is 0 Å². The first-order valence-corrected chi connectivity index (χ1v) is 5.91. The standard InChI is InChI=1S/C13H18N4O/c1-10(11-5-4-6-13(7-11)18-3)14-8-12-9-17(2)16-15-12/h4-7,9-10,14H,8H2,1-3H3/t10-/m0/s1. The molecule has 0 aliphatic heterocycles. The van der Waals surface area contributed by atoms with Crippen molar-refractivity contribution in [3.8, 4) is 5.75 Å². The molecule has 0 unspecified atom stereocenters. The lowest BCUT2D eigenvalue weighted by Crippen LogP contribution is -2.18. The van der Waals surface area contributed by atoms with Gasteiger partial charge in [-0.15, -0.1) is 5.10 Å².